The van der Waals surface area contributed by atoms with Crippen molar-refractivity contribution in [2.75, 3.05) is 23.8 Å². The summed E-state index contributed by atoms with van der Waals surface area (Å²) in [7, 11) is 0. The number of carbonyl (C=O) groups is 2. The average molecular weight is 516 g/mol. The van der Waals surface area contributed by atoms with Gasteiger partial charge in [0.1, 0.15) is 19.0 Å². The quantitative estimate of drug-likeness (QED) is 0.311. The number of nitrogens with one attached hydrogen (secondary N) is 2. The molecule has 0 radical (unpaired) electrons. The predicted octanol–water partition coefficient (Wildman–Crippen LogP) is 6.34. The van der Waals surface area contributed by atoms with Crippen molar-refractivity contribution in [3.05, 3.63) is 82.5 Å². The number of alkyl halides is 3. The molecule has 0 bridgehead atoms. The lowest BCUT2D eigenvalue weighted by Crippen LogP contribution is -2.17. The van der Waals surface area contributed by atoms with Crippen molar-refractivity contribution >= 4 is 44.6 Å². The Morgan fingerprint density at radius 3 is 2.39 bits per heavy atom. The largest absolute Gasteiger partial charge is 0.486 e. The first-order valence-electron chi connectivity index (χ1n) is 10.6. The van der Waals surface area contributed by atoms with Gasteiger partial charge in [-0.2, -0.15) is 13.2 Å². The molecule has 4 aromatic rings. The zero-order valence-corrected chi connectivity index (χ0v) is 19.1. The van der Waals surface area contributed by atoms with E-state index < -0.39 is 29.4 Å². The molecule has 0 saturated heterocycles. The number of benzene rings is 3. The van der Waals surface area contributed by atoms with Crippen molar-refractivity contribution in [3.63, 3.8) is 0 Å². The minimum Gasteiger partial charge on any atom is -0.486 e. The maximum Gasteiger partial charge on any atom is 0.416 e. The van der Waals surface area contributed by atoms with Gasteiger partial charge >= 0.3 is 6.18 Å². The van der Waals surface area contributed by atoms with Gasteiger partial charge in [-0.15, -0.1) is 11.3 Å². The molecule has 2 N–H and O–H groups in total. The van der Waals surface area contributed by atoms with Crippen molar-refractivity contribution in [3.8, 4) is 11.5 Å². The number of hydrogen-bond acceptors (Lipinski definition) is 5. The molecule has 0 fully saturated rings. The summed E-state index contributed by atoms with van der Waals surface area (Å²) in [6.45, 7) is 0.779. The summed E-state index contributed by atoms with van der Waals surface area (Å²) in [5.74, 6) is -0.965. The summed E-state index contributed by atoms with van der Waals surface area (Å²) in [6, 6.07) is 12.9. The van der Waals surface area contributed by atoms with Crippen LogP contribution in [-0.4, -0.2) is 25.0 Å². The third kappa shape index (κ3) is 4.82. The fourth-order valence-corrected chi connectivity index (χ4v) is 4.54. The van der Waals surface area contributed by atoms with E-state index in [1.54, 1.807) is 12.1 Å². The van der Waals surface area contributed by atoms with Gasteiger partial charge in [0.25, 0.3) is 11.8 Å². The number of anilines is 2. The Hall–Kier alpha value is -4.12. The van der Waals surface area contributed by atoms with E-state index in [1.807, 2.05) is 0 Å². The molecular formula is C25H16F4N2O4S. The summed E-state index contributed by atoms with van der Waals surface area (Å²) >= 11 is 0.979. The van der Waals surface area contributed by atoms with E-state index in [0.717, 1.165) is 29.5 Å². The second-order valence-corrected chi connectivity index (χ2v) is 8.91. The number of hydrogen-bond donors (Lipinski definition) is 2. The smallest absolute Gasteiger partial charge is 0.416 e. The standard InChI is InChI=1S/C25H16F4N2O4S/c26-17-4-3-16(30-23(32)13-1-5-19-20(10-13)35-8-7-34-19)12-18(17)31-24(33)22-11-14-9-15(25(27,28)29)2-6-21(14)36-22/h1-6,9-12H,7-8H2,(H,30,32)(H,31,33). The van der Waals surface area contributed by atoms with Crippen LogP contribution < -0.4 is 20.1 Å². The maximum atomic E-state index is 14.4. The van der Waals surface area contributed by atoms with Crippen molar-refractivity contribution in [1.82, 2.24) is 0 Å². The number of rotatable bonds is 4. The molecule has 184 valence electrons. The van der Waals surface area contributed by atoms with Crippen LogP contribution in [0.25, 0.3) is 10.1 Å². The molecule has 0 atom stereocenters. The molecule has 5 rings (SSSR count). The Morgan fingerprint density at radius 2 is 1.61 bits per heavy atom. The Bertz CT molecular complexity index is 1500. The summed E-state index contributed by atoms with van der Waals surface area (Å²) in [5.41, 5.74) is -0.518. The minimum atomic E-state index is -4.51. The third-order valence-corrected chi connectivity index (χ3v) is 6.46. The van der Waals surface area contributed by atoms with E-state index in [1.165, 1.54) is 30.3 Å². The summed E-state index contributed by atoms with van der Waals surface area (Å²) in [6.07, 6.45) is -4.51. The predicted molar refractivity (Wildman–Crippen MR) is 127 cm³/mol. The Labute approximate surface area is 205 Å². The Morgan fingerprint density at radius 1 is 0.833 bits per heavy atom. The lowest BCUT2D eigenvalue weighted by Gasteiger charge is -2.18. The summed E-state index contributed by atoms with van der Waals surface area (Å²) < 4.78 is 64.7. The van der Waals surface area contributed by atoms with Gasteiger partial charge in [0, 0.05) is 16.0 Å². The fourth-order valence-electron chi connectivity index (χ4n) is 3.60. The highest BCUT2D eigenvalue weighted by atomic mass is 32.1. The fraction of sp³-hybridized carbons (Fsp3) is 0.120. The van der Waals surface area contributed by atoms with Crippen LogP contribution in [0, 0.1) is 5.82 Å². The van der Waals surface area contributed by atoms with Crippen molar-refractivity contribution in [2.45, 2.75) is 6.18 Å². The van der Waals surface area contributed by atoms with Gasteiger partial charge in [0.15, 0.2) is 11.5 Å². The molecule has 11 heteroatoms. The van der Waals surface area contributed by atoms with Gasteiger partial charge in [-0.05, 0) is 66.0 Å². The van der Waals surface area contributed by atoms with E-state index in [0.29, 0.717) is 29.4 Å². The molecule has 0 aliphatic carbocycles. The van der Waals surface area contributed by atoms with E-state index in [-0.39, 0.29) is 27.2 Å². The zero-order valence-electron chi connectivity index (χ0n) is 18.2. The van der Waals surface area contributed by atoms with Gasteiger partial charge < -0.3 is 20.1 Å². The molecule has 0 unspecified atom stereocenters. The number of fused-ring (bicyclic) bond motifs is 2. The molecule has 2 heterocycles. The molecule has 0 saturated carbocycles. The van der Waals surface area contributed by atoms with Gasteiger partial charge in [0.05, 0.1) is 16.1 Å². The second-order valence-electron chi connectivity index (χ2n) is 7.82. The third-order valence-electron chi connectivity index (χ3n) is 5.34. The van der Waals surface area contributed by atoms with Crippen LogP contribution in [0.5, 0.6) is 11.5 Å². The lowest BCUT2D eigenvalue weighted by molar-refractivity contribution is -0.137. The highest BCUT2D eigenvalue weighted by Gasteiger charge is 2.30. The Kier molecular flexibility index (Phi) is 6.00. The van der Waals surface area contributed by atoms with Crippen molar-refractivity contribution < 1.29 is 36.6 Å². The molecule has 36 heavy (non-hydrogen) atoms. The maximum absolute atomic E-state index is 14.4. The zero-order chi connectivity index (χ0) is 25.4. The molecule has 0 spiro atoms. The average Bonchev–Trinajstić information content (AvgIpc) is 3.29. The van der Waals surface area contributed by atoms with Crippen LogP contribution in [0.2, 0.25) is 0 Å². The number of ether oxygens (including phenoxy) is 2. The van der Waals surface area contributed by atoms with E-state index in [9.17, 15) is 27.2 Å². The second kappa shape index (κ2) is 9.15. The number of carbonyl (C=O) groups excluding carboxylic acids is 2. The molecule has 1 aromatic heterocycles. The molecule has 2 amide bonds. The molecule has 3 aromatic carbocycles. The summed E-state index contributed by atoms with van der Waals surface area (Å²) in [4.78, 5) is 25.5. The first-order valence-corrected chi connectivity index (χ1v) is 11.4. The van der Waals surface area contributed by atoms with Gasteiger partial charge in [-0.25, -0.2) is 4.39 Å². The highest BCUT2D eigenvalue weighted by Crippen LogP contribution is 2.35. The van der Waals surface area contributed by atoms with Crippen LogP contribution in [0.15, 0.2) is 60.7 Å². The van der Waals surface area contributed by atoms with Crippen LogP contribution in [-0.2, 0) is 6.18 Å². The lowest BCUT2D eigenvalue weighted by atomic mass is 10.1. The summed E-state index contributed by atoms with van der Waals surface area (Å²) in [5, 5.41) is 5.29. The highest BCUT2D eigenvalue weighted by molar-refractivity contribution is 7.20. The number of amides is 2. The molecule has 1 aliphatic heterocycles. The normalized spacial score (nSPS) is 12.9. The van der Waals surface area contributed by atoms with Crippen LogP contribution in [0.3, 0.4) is 0 Å². The van der Waals surface area contributed by atoms with Gasteiger partial charge in [0.2, 0.25) is 0 Å². The monoisotopic (exact) mass is 516 g/mol. The minimum absolute atomic E-state index is 0.106. The first kappa shape index (κ1) is 23.6. The molecule has 1 aliphatic rings. The number of halogens is 4. The van der Waals surface area contributed by atoms with Gasteiger partial charge in [-0.1, -0.05) is 0 Å². The van der Waals surface area contributed by atoms with E-state index in [4.69, 9.17) is 9.47 Å². The SMILES string of the molecule is O=C(Nc1ccc(F)c(NC(=O)c2cc3cc(C(F)(F)F)ccc3s2)c1)c1ccc2c(c1)OCCO2. The topological polar surface area (TPSA) is 76.7 Å². The van der Waals surface area contributed by atoms with Crippen LogP contribution in [0.4, 0.5) is 28.9 Å². The van der Waals surface area contributed by atoms with Gasteiger partial charge in [-0.3, -0.25) is 9.59 Å². The first-order chi connectivity index (χ1) is 17.2. The van der Waals surface area contributed by atoms with E-state index >= 15 is 0 Å². The Balaban J connectivity index is 1.32. The van der Waals surface area contributed by atoms with Crippen molar-refractivity contribution in [2.24, 2.45) is 0 Å². The molecule has 6 nitrogen and oxygen atoms in total. The molecular weight excluding hydrogens is 500 g/mol. The van der Waals surface area contributed by atoms with E-state index in [2.05, 4.69) is 10.6 Å². The van der Waals surface area contributed by atoms with Crippen LogP contribution >= 0.6 is 11.3 Å². The van der Waals surface area contributed by atoms with Crippen molar-refractivity contribution in [1.29, 1.82) is 0 Å². The van der Waals surface area contributed by atoms with Crippen LogP contribution in [0.1, 0.15) is 25.6 Å². The number of thiophene rings is 1.